The molecule has 0 atom stereocenters. The molecule has 0 saturated carbocycles. The molecule has 2 rings (SSSR count). The molecule has 6 heteroatoms. The summed E-state index contributed by atoms with van der Waals surface area (Å²) in [7, 11) is -3.76. The monoisotopic (exact) mass is 372 g/mol. The quantitative estimate of drug-likeness (QED) is 0.786. The molecule has 0 heterocycles. The topological polar surface area (TPSA) is 75.3 Å². The molecule has 0 aliphatic rings. The molecule has 1 amide bonds. The zero-order valence-electron chi connectivity index (χ0n) is 15.4. The molecule has 0 aromatic heterocycles. The third-order valence-corrected chi connectivity index (χ3v) is 5.16. The summed E-state index contributed by atoms with van der Waals surface area (Å²) in [4.78, 5) is 12.3. The van der Waals surface area contributed by atoms with Gasteiger partial charge in [-0.05, 0) is 51.5 Å². The van der Waals surface area contributed by atoms with E-state index in [4.69, 9.17) is 0 Å². The maximum Gasteiger partial charge on any atom is 0.248 e. The first-order chi connectivity index (χ1) is 12.1. The van der Waals surface area contributed by atoms with E-state index in [0.29, 0.717) is 0 Å². The van der Waals surface area contributed by atoms with Crippen LogP contribution in [0.15, 0.2) is 59.5 Å². The second-order valence-electron chi connectivity index (χ2n) is 7.09. The summed E-state index contributed by atoms with van der Waals surface area (Å²) < 4.78 is 27.8. The standard InChI is InChI=1S/C20H24N2O3S/c1-15-8-7-9-16(14-15)12-13-19(23)21-17-10-5-6-11-18(17)26(24,25)22-20(2,3)4/h5-14,22H,1-4H3,(H,21,23)/b13-12+. The molecule has 0 bridgehead atoms. The van der Waals surface area contributed by atoms with Crippen molar-refractivity contribution >= 4 is 27.7 Å². The Kier molecular flexibility index (Phi) is 6.00. The van der Waals surface area contributed by atoms with E-state index in [9.17, 15) is 13.2 Å². The van der Waals surface area contributed by atoms with Gasteiger partial charge >= 0.3 is 0 Å². The SMILES string of the molecule is Cc1cccc(/C=C/C(=O)Nc2ccccc2S(=O)(=O)NC(C)(C)C)c1. The maximum absolute atomic E-state index is 12.6. The molecule has 0 aliphatic heterocycles. The number of amides is 1. The van der Waals surface area contributed by atoms with Gasteiger partial charge in [0.1, 0.15) is 4.90 Å². The number of rotatable bonds is 5. The fourth-order valence-corrected chi connectivity index (χ4v) is 3.96. The molecule has 0 radical (unpaired) electrons. The number of sulfonamides is 1. The number of nitrogens with one attached hydrogen (secondary N) is 2. The van der Waals surface area contributed by atoms with Crippen molar-refractivity contribution in [1.82, 2.24) is 4.72 Å². The molecule has 2 N–H and O–H groups in total. The highest BCUT2D eigenvalue weighted by molar-refractivity contribution is 7.89. The van der Waals surface area contributed by atoms with Gasteiger partial charge in [-0.1, -0.05) is 42.0 Å². The van der Waals surface area contributed by atoms with Crippen LogP contribution in [0.1, 0.15) is 31.9 Å². The molecule has 138 valence electrons. The van der Waals surface area contributed by atoms with Gasteiger partial charge < -0.3 is 5.32 Å². The van der Waals surface area contributed by atoms with Crippen molar-refractivity contribution in [3.8, 4) is 0 Å². The first kappa shape index (κ1) is 19.9. The van der Waals surface area contributed by atoms with Crippen LogP contribution in [-0.4, -0.2) is 19.9 Å². The van der Waals surface area contributed by atoms with Crippen LogP contribution in [0.4, 0.5) is 5.69 Å². The van der Waals surface area contributed by atoms with E-state index >= 15 is 0 Å². The second kappa shape index (κ2) is 7.85. The van der Waals surface area contributed by atoms with Crippen LogP contribution in [0, 0.1) is 6.92 Å². The fraction of sp³-hybridized carbons (Fsp3) is 0.250. The van der Waals surface area contributed by atoms with Gasteiger partial charge in [-0.2, -0.15) is 0 Å². The number of benzene rings is 2. The van der Waals surface area contributed by atoms with Gasteiger partial charge in [-0.3, -0.25) is 4.79 Å². The Hall–Kier alpha value is -2.44. The molecule has 5 nitrogen and oxygen atoms in total. The highest BCUT2D eigenvalue weighted by Gasteiger charge is 2.24. The van der Waals surface area contributed by atoms with Crippen molar-refractivity contribution in [3.05, 3.63) is 65.7 Å². The van der Waals surface area contributed by atoms with E-state index < -0.39 is 21.5 Å². The second-order valence-corrected chi connectivity index (χ2v) is 8.74. The molecular formula is C20H24N2O3S. The van der Waals surface area contributed by atoms with Crippen molar-refractivity contribution in [2.75, 3.05) is 5.32 Å². The van der Waals surface area contributed by atoms with Crippen LogP contribution >= 0.6 is 0 Å². The Morgan fingerprint density at radius 3 is 2.38 bits per heavy atom. The average molecular weight is 372 g/mol. The molecule has 0 spiro atoms. The first-order valence-electron chi connectivity index (χ1n) is 8.26. The van der Waals surface area contributed by atoms with Gasteiger partial charge in [-0.15, -0.1) is 0 Å². The van der Waals surface area contributed by atoms with Crippen LogP contribution in [0.2, 0.25) is 0 Å². The molecule has 0 unspecified atom stereocenters. The van der Waals surface area contributed by atoms with Gasteiger partial charge in [0.05, 0.1) is 5.69 Å². The van der Waals surface area contributed by atoms with E-state index in [1.54, 1.807) is 45.0 Å². The minimum atomic E-state index is -3.76. The first-order valence-corrected chi connectivity index (χ1v) is 9.74. The Balaban J connectivity index is 2.21. The fourth-order valence-electron chi connectivity index (χ4n) is 2.38. The van der Waals surface area contributed by atoms with Crippen LogP contribution in [-0.2, 0) is 14.8 Å². The summed E-state index contributed by atoms with van der Waals surface area (Å²) in [5, 5.41) is 2.64. The van der Waals surface area contributed by atoms with E-state index in [0.717, 1.165) is 11.1 Å². The number of carbonyl (C=O) groups is 1. The molecule has 2 aromatic rings. The molecule has 0 aliphatic carbocycles. The van der Waals surface area contributed by atoms with Gasteiger partial charge in [0.25, 0.3) is 0 Å². The maximum atomic E-state index is 12.6. The Morgan fingerprint density at radius 1 is 1.04 bits per heavy atom. The smallest absolute Gasteiger partial charge is 0.248 e. The summed E-state index contributed by atoms with van der Waals surface area (Å²) in [6.07, 6.45) is 3.07. The lowest BCUT2D eigenvalue weighted by Gasteiger charge is -2.21. The van der Waals surface area contributed by atoms with E-state index in [1.165, 1.54) is 12.1 Å². The predicted octanol–water partition coefficient (Wildman–Crippen LogP) is 3.72. The Labute approximate surface area is 155 Å². The number of carbonyl (C=O) groups excluding carboxylic acids is 1. The van der Waals surface area contributed by atoms with Crippen molar-refractivity contribution in [2.45, 2.75) is 38.1 Å². The average Bonchev–Trinajstić information content (AvgIpc) is 2.51. The molecule has 0 fully saturated rings. The summed E-state index contributed by atoms with van der Waals surface area (Å²) >= 11 is 0. The van der Waals surface area contributed by atoms with E-state index in [-0.39, 0.29) is 10.6 Å². The lowest BCUT2D eigenvalue weighted by molar-refractivity contribution is -0.111. The highest BCUT2D eigenvalue weighted by Crippen LogP contribution is 2.22. The van der Waals surface area contributed by atoms with E-state index in [2.05, 4.69) is 10.0 Å². The number of hydrogen-bond donors (Lipinski definition) is 2. The van der Waals surface area contributed by atoms with Crippen molar-refractivity contribution in [3.63, 3.8) is 0 Å². The molecule has 2 aromatic carbocycles. The third kappa shape index (κ3) is 5.82. The van der Waals surface area contributed by atoms with Gasteiger partial charge in [0, 0.05) is 11.6 Å². The van der Waals surface area contributed by atoms with E-state index in [1.807, 2.05) is 31.2 Å². The van der Waals surface area contributed by atoms with Gasteiger partial charge in [0.15, 0.2) is 0 Å². The Bertz CT molecular complexity index is 926. The predicted molar refractivity (Wildman–Crippen MR) is 105 cm³/mol. The van der Waals surface area contributed by atoms with Crippen LogP contribution in [0.25, 0.3) is 6.08 Å². The summed E-state index contributed by atoms with van der Waals surface area (Å²) in [6, 6.07) is 14.1. The number of hydrogen-bond acceptors (Lipinski definition) is 3. The van der Waals surface area contributed by atoms with Gasteiger partial charge in [0.2, 0.25) is 15.9 Å². The third-order valence-electron chi connectivity index (χ3n) is 3.34. The zero-order valence-corrected chi connectivity index (χ0v) is 16.2. The van der Waals surface area contributed by atoms with Crippen molar-refractivity contribution in [2.24, 2.45) is 0 Å². The van der Waals surface area contributed by atoms with Crippen molar-refractivity contribution in [1.29, 1.82) is 0 Å². The summed E-state index contributed by atoms with van der Waals surface area (Å²) in [6.45, 7) is 7.25. The molecule has 26 heavy (non-hydrogen) atoms. The Morgan fingerprint density at radius 2 is 1.73 bits per heavy atom. The number of aryl methyl sites for hydroxylation is 1. The lowest BCUT2D eigenvalue weighted by atomic mass is 10.1. The van der Waals surface area contributed by atoms with Gasteiger partial charge in [-0.25, -0.2) is 13.1 Å². The number of anilines is 1. The minimum absolute atomic E-state index is 0.0345. The molecule has 0 saturated heterocycles. The summed E-state index contributed by atoms with van der Waals surface area (Å²) in [5.41, 5.74) is 1.61. The highest BCUT2D eigenvalue weighted by atomic mass is 32.2. The van der Waals surface area contributed by atoms with Crippen LogP contribution < -0.4 is 10.0 Å². The van der Waals surface area contributed by atoms with Crippen molar-refractivity contribution < 1.29 is 13.2 Å². The minimum Gasteiger partial charge on any atom is -0.321 e. The lowest BCUT2D eigenvalue weighted by Crippen LogP contribution is -2.40. The van der Waals surface area contributed by atoms with Crippen LogP contribution in [0.3, 0.4) is 0 Å². The normalized spacial score (nSPS) is 12.3. The summed E-state index contributed by atoms with van der Waals surface area (Å²) in [5.74, 6) is -0.398. The van der Waals surface area contributed by atoms with Crippen LogP contribution in [0.5, 0.6) is 0 Å². The zero-order chi connectivity index (χ0) is 19.4. The number of para-hydroxylation sites is 1. The largest absolute Gasteiger partial charge is 0.321 e. The molecular weight excluding hydrogens is 348 g/mol.